The molecule has 0 saturated carbocycles. The first kappa shape index (κ1) is 16.0. The molecule has 0 atom stereocenters. The quantitative estimate of drug-likeness (QED) is 0.859. The first-order valence-electron chi connectivity index (χ1n) is 5.95. The van der Waals surface area contributed by atoms with E-state index in [4.69, 9.17) is 39.5 Å². The van der Waals surface area contributed by atoms with Crippen molar-refractivity contribution >= 4 is 46.4 Å². The number of rotatable bonds is 5. The number of anilines is 2. The minimum absolute atomic E-state index is 0.0482. The molecule has 0 aliphatic carbocycles. The van der Waals surface area contributed by atoms with Crippen LogP contribution in [-0.4, -0.2) is 21.6 Å². The van der Waals surface area contributed by atoms with Crippen molar-refractivity contribution in [2.75, 3.05) is 11.9 Å². The Bertz CT molecular complexity index is 633. The minimum Gasteiger partial charge on any atom is -0.463 e. The fraction of sp³-hybridized carbons (Fsp3) is 0.250. The summed E-state index contributed by atoms with van der Waals surface area (Å²) in [4.78, 5) is 11.7. The summed E-state index contributed by atoms with van der Waals surface area (Å²) in [5.41, 5.74) is 0.267. The Morgan fingerprint density at radius 1 is 1.14 bits per heavy atom. The van der Waals surface area contributed by atoms with Crippen LogP contribution < -0.4 is 10.1 Å². The van der Waals surface area contributed by atoms with Gasteiger partial charge in [-0.25, -0.2) is 4.39 Å². The zero-order valence-electron chi connectivity index (χ0n) is 10.8. The molecular weight excluding hydrogens is 342 g/mol. The third kappa shape index (κ3) is 4.30. The van der Waals surface area contributed by atoms with Gasteiger partial charge in [-0.15, -0.1) is 0 Å². The largest absolute Gasteiger partial charge is 0.463 e. The lowest BCUT2D eigenvalue weighted by atomic mass is 10.3. The second kappa shape index (κ2) is 7.06. The highest BCUT2D eigenvalue weighted by Crippen LogP contribution is 2.33. The van der Waals surface area contributed by atoms with E-state index in [9.17, 15) is 4.39 Å². The first-order valence-corrected chi connectivity index (χ1v) is 7.09. The molecule has 0 fully saturated rings. The number of nitrogens with zero attached hydrogens (tertiary/aromatic N) is 3. The monoisotopic (exact) mass is 350 g/mol. The smallest absolute Gasteiger partial charge is 0.322 e. The van der Waals surface area contributed by atoms with Gasteiger partial charge in [0.15, 0.2) is 0 Å². The average molecular weight is 352 g/mol. The molecule has 2 rings (SSSR count). The summed E-state index contributed by atoms with van der Waals surface area (Å²) >= 11 is 17.6. The Morgan fingerprint density at radius 3 is 2.43 bits per heavy atom. The van der Waals surface area contributed by atoms with Gasteiger partial charge in [-0.1, -0.05) is 30.1 Å². The summed E-state index contributed by atoms with van der Waals surface area (Å²) in [5, 5.41) is 2.90. The van der Waals surface area contributed by atoms with Crippen molar-refractivity contribution in [3.63, 3.8) is 0 Å². The van der Waals surface area contributed by atoms with E-state index in [1.807, 2.05) is 6.92 Å². The average Bonchev–Trinajstić information content (AvgIpc) is 2.40. The molecular formula is C12H10Cl3FN4O. The summed E-state index contributed by atoms with van der Waals surface area (Å²) in [5.74, 6) is -0.451. The van der Waals surface area contributed by atoms with Crippen LogP contribution in [0.1, 0.15) is 13.3 Å². The standard InChI is InChI=1S/C12H10Cl3FN4O/c1-2-3-21-12-19-10(15)18-11(20-12)17-9-7(13)4-6(16)5-8(9)14/h4-5H,2-3H2,1H3,(H,17,18,19,20). The number of aromatic nitrogens is 3. The van der Waals surface area contributed by atoms with Crippen LogP contribution in [0.5, 0.6) is 6.01 Å². The molecule has 0 spiro atoms. The Balaban J connectivity index is 2.29. The van der Waals surface area contributed by atoms with Gasteiger partial charge in [-0.2, -0.15) is 15.0 Å². The van der Waals surface area contributed by atoms with Crippen LogP contribution in [0.15, 0.2) is 12.1 Å². The van der Waals surface area contributed by atoms with Crippen LogP contribution in [0, 0.1) is 5.82 Å². The SMILES string of the molecule is CCCOc1nc(Cl)nc(Nc2c(Cl)cc(F)cc2Cl)n1. The fourth-order valence-corrected chi connectivity index (χ4v) is 2.13. The Morgan fingerprint density at radius 2 is 1.81 bits per heavy atom. The summed E-state index contributed by atoms with van der Waals surface area (Å²) in [6.45, 7) is 2.39. The second-order valence-electron chi connectivity index (χ2n) is 3.93. The van der Waals surface area contributed by atoms with Crippen molar-refractivity contribution in [1.29, 1.82) is 0 Å². The molecule has 0 aliphatic rings. The van der Waals surface area contributed by atoms with Crippen LogP contribution in [0.25, 0.3) is 0 Å². The molecule has 1 aromatic heterocycles. The van der Waals surface area contributed by atoms with E-state index in [1.165, 1.54) is 0 Å². The van der Waals surface area contributed by atoms with Gasteiger partial charge in [0, 0.05) is 0 Å². The van der Waals surface area contributed by atoms with Crippen LogP contribution >= 0.6 is 34.8 Å². The van der Waals surface area contributed by atoms with Crippen molar-refractivity contribution in [3.8, 4) is 6.01 Å². The van der Waals surface area contributed by atoms with Gasteiger partial charge < -0.3 is 10.1 Å². The van der Waals surface area contributed by atoms with Crippen molar-refractivity contribution in [2.24, 2.45) is 0 Å². The van der Waals surface area contributed by atoms with E-state index in [2.05, 4.69) is 20.3 Å². The predicted octanol–water partition coefficient (Wildman–Crippen LogP) is 4.50. The van der Waals surface area contributed by atoms with Gasteiger partial charge in [-0.05, 0) is 30.2 Å². The highest BCUT2D eigenvalue weighted by molar-refractivity contribution is 6.39. The summed E-state index contributed by atoms with van der Waals surface area (Å²) in [6, 6.07) is 2.31. The third-order valence-electron chi connectivity index (χ3n) is 2.27. The zero-order chi connectivity index (χ0) is 15.4. The topological polar surface area (TPSA) is 59.9 Å². The van der Waals surface area contributed by atoms with Gasteiger partial charge in [0.1, 0.15) is 5.82 Å². The normalized spacial score (nSPS) is 10.5. The van der Waals surface area contributed by atoms with E-state index in [-0.39, 0.29) is 33.0 Å². The molecule has 0 amide bonds. The highest BCUT2D eigenvalue weighted by atomic mass is 35.5. The molecule has 0 bridgehead atoms. The summed E-state index contributed by atoms with van der Waals surface area (Å²) in [7, 11) is 0. The van der Waals surface area contributed by atoms with E-state index >= 15 is 0 Å². The number of hydrogen-bond donors (Lipinski definition) is 1. The van der Waals surface area contributed by atoms with Gasteiger partial charge in [0.05, 0.1) is 22.3 Å². The van der Waals surface area contributed by atoms with E-state index in [0.29, 0.717) is 6.61 Å². The lowest BCUT2D eigenvalue weighted by Crippen LogP contribution is -2.05. The molecule has 9 heteroatoms. The van der Waals surface area contributed by atoms with Gasteiger partial charge in [0.2, 0.25) is 11.2 Å². The maximum Gasteiger partial charge on any atom is 0.322 e. The van der Waals surface area contributed by atoms with Gasteiger partial charge >= 0.3 is 6.01 Å². The van der Waals surface area contributed by atoms with E-state index in [0.717, 1.165) is 18.6 Å². The molecule has 1 heterocycles. The Kier molecular flexibility index (Phi) is 5.39. The molecule has 0 unspecified atom stereocenters. The van der Waals surface area contributed by atoms with E-state index < -0.39 is 5.82 Å². The molecule has 0 saturated heterocycles. The maximum absolute atomic E-state index is 13.1. The second-order valence-corrected chi connectivity index (χ2v) is 5.08. The molecule has 1 aromatic carbocycles. The summed E-state index contributed by atoms with van der Waals surface area (Å²) in [6.07, 6.45) is 0.793. The number of nitrogens with one attached hydrogen (secondary N) is 1. The molecule has 5 nitrogen and oxygen atoms in total. The fourth-order valence-electron chi connectivity index (χ4n) is 1.42. The van der Waals surface area contributed by atoms with Crippen LogP contribution in [0.3, 0.4) is 0 Å². The van der Waals surface area contributed by atoms with Crippen LogP contribution in [-0.2, 0) is 0 Å². The van der Waals surface area contributed by atoms with Crippen LogP contribution in [0.2, 0.25) is 15.3 Å². The number of hydrogen-bond acceptors (Lipinski definition) is 5. The highest BCUT2D eigenvalue weighted by Gasteiger charge is 2.12. The molecule has 112 valence electrons. The van der Waals surface area contributed by atoms with Crippen molar-refractivity contribution in [3.05, 3.63) is 33.3 Å². The van der Waals surface area contributed by atoms with Crippen LogP contribution in [0.4, 0.5) is 16.0 Å². The number of halogens is 4. The molecule has 2 aromatic rings. The molecule has 21 heavy (non-hydrogen) atoms. The zero-order valence-corrected chi connectivity index (χ0v) is 13.1. The van der Waals surface area contributed by atoms with Crippen molar-refractivity contribution in [1.82, 2.24) is 15.0 Å². The minimum atomic E-state index is -0.545. The number of ether oxygens (including phenoxy) is 1. The Hall–Kier alpha value is -1.37. The van der Waals surface area contributed by atoms with Crippen molar-refractivity contribution in [2.45, 2.75) is 13.3 Å². The maximum atomic E-state index is 13.1. The van der Waals surface area contributed by atoms with Gasteiger partial charge in [0.25, 0.3) is 0 Å². The number of benzene rings is 1. The van der Waals surface area contributed by atoms with Crippen molar-refractivity contribution < 1.29 is 9.13 Å². The molecule has 0 aliphatic heterocycles. The van der Waals surface area contributed by atoms with E-state index in [1.54, 1.807) is 0 Å². The van der Waals surface area contributed by atoms with Gasteiger partial charge in [-0.3, -0.25) is 0 Å². The third-order valence-corrected chi connectivity index (χ3v) is 3.03. The molecule has 1 N–H and O–H groups in total. The predicted molar refractivity (Wildman–Crippen MR) is 80.3 cm³/mol. The molecule has 0 radical (unpaired) electrons. The summed E-state index contributed by atoms with van der Waals surface area (Å²) < 4.78 is 18.4. The lowest BCUT2D eigenvalue weighted by molar-refractivity contribution is 0.292. The first-order chi connectivity index (χ1) is 9.99. The Labute approximate surface area is 135 Å². The lowest BCUT2D eigenvalue weighted by Gasteiger charge is -2.10.